The molecule has 0 spiro atoms. The number of urea groups is 1. The number of benzene rings is 3. The SMILES string of the molecule is Cc1ccc(NC(=O)Nc2cccc(S(=O)(=O)Nc3ccc(Cl)c(Cl)c3)c2)cc1. The van der Waals surface area contributed by atoms with Crippen LogP contribution < -0.4 is 15.4 Å². The first-order chi connectivity index (χ1) is 13.7. The van der Waals surface area contributed by atoms with Gasteiger partial charge in [0, 0.05) is 11.4 Å². The zero-order chi connectivity index (χ0) is 21.0. The second-order valence-corrected chi connectivity index (χ2v) is 8.70. The fraction of sp³-hybridized carbons (Fsp3) is 0.0500. The molecular formula is C20H17Cl2N3O3S. The molecule has 2 amide bonds. The maximum atomic E-state index is 12.6. The van der Waals surface area contributed by atoms with Gasteiger partial charge in [-0.1, -0.05) is 47.0 Å². The molecule has 0 bridgehead atoms. The van der Waals surface area contributed by atoms with Crippen LogP contribution in [0.2, 0.25) is 10.0 Å². The van der Waals surface area contributed by atoms with Crippen molar-refractivity contribution in [2.75, 3.05) is 15.4 Å². The molecule has 0 heterocycles. The molecule has 0 aromatic heterocycles. The lowest BCUT2D eigenvalue weighted by Gasteiger charge is -2.11. The first-order valence-corrected chi connectivity index (χ1v) is 10.7. The molecule has 150 valence electrons. The minimum atomic E-state index is -3.89. The summed E-state index contributed by atoms with van der Waals surface area (Å²) in [5.41, 5.74) is 2.29. The lowest BCUT2D eigenvalue weighted by atomic mass is 10.2. The van der Waals surface area contributed by atoms with Gasteiger partial charge in [0.1, 0.15) is 0 Å². The normalized spacial score (nSPS) is 11.0. The third-order valence-corrected chi connectivity index (χ3v) is 6.00. The predicted octanol–water partition coefficient (Wildman–Crippen LogP) is 5.75. The Morgan fingerprint density at radius 2 is 1.45 bits per heavy atom. The van der Waals surface area contributed by atoms with Gasteiger partial charge >= 0.3 is 6.03 Å². The average molecular weight is 450 g/mol. The summed E-state index contributed by atoms with van der Waals surface area (Å²) < 4.78 is 27.7. The molecule has 0 radical (unpaired) electrons. The Balaban J connectivity index is 1.72. The molecular weight excluding hydrogens is 433 g/mol. The van der Waals surface area contributed by atoms with Gasteiger partial charge in [-0.3, -0.25) is 4.72 Å². The van der Waals surface area contributed by atoms with E-state index in [-0.39, 0.29) is 15.6 Å². The second-order valence-electron chi connectivity index (χ2n) is 6.21. The van der Waals surface area contributed by atoms with Gasteiger partial charge in [0.15, 0.2) is 0 Å². The summed E-state index contributed by atoms with van der Waals surface area (Å²) in [6.45, 7) is 1.95. The van der Waals surface area contributed by atoms with Crippen molar-refractivity contribution in [1.82, 2.24) is 0 Å². The van der Waals surface area contributed by atoms with E-state index in [1.165, 1.54) is 36.4 Å². The lowest BCUT2D eigenvalue weighted by Crippen LogP contribution is -2.20. The summed E-state index contributed by atoms with van der Waals surface area (Å²) in [5, 5.41) is 5.85. The number of halogens is 2. The third-order valence-electron chi connectivity index (χ3n) is 3.88. The van der Waals surface area contributed by atoms with Crippen LogP contribution in [0.1, 0.15) is 5.56 Å². The topological polar surface area (TPSA) is 87.3 Å². The van der Waals surface area contributed by atoms with Crippen LogP contribution in [0.4, 0.5) is 21.9 Å². The number of nitrogens with one attached hydrogen (secondary N) is 3. The van der Waals surface area contributed by atoms with Gasteiger partial charge in [-0.25, -0.2) is 13.2 Å². The molecule has 9 heteroatoms. The number of anilines is 3. The largest absolute Gasteiger partial charge is 0.323 e. The van der Waals surface area contributed by atoms with Gasteiger partial charge in [0.05, 0.1) is 20.6 Å². The number of amides is 2. The Hall–Kier alpha value is -2.74. The molecule has 3 N–H and O–H groups in total. The summed E-state index contributed by atoms with van der Waals surface area (Å²) in [5.74, 6) is 0. The van der Waals surface area contributed by atoms with Crippen LogP contribution in [0.25, 0.3) is 0 Å². The van der Waals surface area contributed by atoms with Gasteiger partial charge in [0.2, 0.25) is 0 Å². The highest BCUT2D eigenvalue weighted by Gasteiger charge is 2.16. The highest BCUT2D eigenvalue weighted by atomic mass is 35.5. The Morgan fingerprint density at radius 3 is 2.14 bits per heavy atom. The first kappa shape index (κ1) is 21.0. The van der Waals surface area contributed by atoms with Crippen molar-refractivity contribution < 1.29 is 13.2 Å². The molecule has 29 heavy (non-hydrogen) atoms. The minimum absolute atomic E-state index is 0.0169. The van der Waals surface area contributed by atoms with E-state index < -0.39 is 16.1 Å². The molecule has 0 aliphatic carbocycles. The molecule has 0 saturated carbocycles. The van der Waals surface area contributed by atoms with Crippen molar-refractivity contribution >= 4 is 56.3 Å². The summed E-state index contributed by atoms with van der Waals surface area (Å²) in [7, 11) is -3.89. The smallest absolute Gasteiger partial charge is 0.308 e. The third kappa shape index (κ3) is 5.63. The van der Waals surface area contributed by atoms with E-state index in [9.17, 15) is 13.2 Å². The molecule has 6 nitrogen and oxygen atoms in total. The van der Waals surface area contributed by atoms with Crippen LogP contribution in [0.15, 0.2) is 71.6 Å². The number of carbonyl (C=O) groups excluding carboxylic acids is 1. The molecule has 0 aliphatic rings. The van der Waals surface area contributed by atoms with Crippen LogP contribution in [-0.2, 0) is 10.0 Å². The molecule has 0 unspecified atom stereocenters. The van der Waals surface area contributed by atoms with E-state index in [0.29, 0.717) is 16.4 Å². The van der Waals surface area contributed by atoms with E-state index in [1.54, 1.807) is 18.2 Å². The number of carbonyl (C=O) groups is 1. The molecule has 0 atom stereocenters. The van der Waals surface area contributed by atoms with Crippen LogP contribution in [0, 0.1) is 6.92 Å². The van der Waals surface area contributed by atoms with Crippen LogP contribution >= 0.6 is 23.2 Å². The minimum Gasteiger partial charge on any atom is -0.308 e. The monoisotopic (exact) mass is 449 g/mol. The van der Waals surface area contributed by atoms with Crippen molar-refractivity contribution in [1.29, 1.82) is 0 Å². The fourth-order valence-corrected chi connectivity index (χ4v) is 3.84. The first-order valence-electron chi connectivity index (χ1n) is 8.45. The van der Waals surface area contributed by atoms with Gasteiger partial charge in [-0.05, 0) is 55.5 Å². The Morgan fingerprint density at radius 1 is 0.793 bits per heavy atom. The lowest BCUT2D eigenvalue weighted by molar-refractivity contribution is 0.262. The van der Waals surface area contributed by atoms with Gasteiger partial charge in [0.25, 0.3) is 10.0 Å². The molecule has 0 fully saturated rings. The fourth-order valence-electron chi connectivity index (χ4n) is 2.45. The summed E-state index contributed by atoms with van der Waals surface area (Å²) in [6.07, 6.45) is 0. The molecule has 0 aliphatic heterocycles. The Bertz CT molecular complexity index is 1150. The summed E-state index contributed by atoms with van der Waals surface area (Å²) in [4.78, 5) is 12.2. The quantitative estimate of drug-likeness (QED) is 0.463. The van der Waals surface area contributed by atoms with Gasteiger partial charge in [-0.15, -0.1) is 0 Å². The number of hydrogen-bond acceptors (Lipinski definition) is 3. The predicted molar refractivity (Wildman–Crippen MR) is 118 cm³/mol. The zero-order valence-corrected chi connectivity index (χ0v) is 17.6. The number of rotatable bonds is 5. The van der Waals surface area contributed by atoms with Crippen molar-refractivity contribution in [3.8, 4) is 0 Å². The standard InChI is InChI=1S/C20H17Cl2N3O3S/c1-13-5-7-14(8-6-13)23-20(26)24-15-3-2-4-17(11-15)29(27,28)25-16-9-10-18(21)19(22)12-16/h2-12,25H,1H3,(H2,23,24,26). The molecule has 3 rings (SSSR count). The highest BCUT2D eigenvalue weighted by Crippen LogP contribution is 2.27. The molecule has 3 aromatic rings. The second kappa shape index (κ2) is 8.73. The number of sulfonamides is 1. The van der Waals surface area contributed by atoms with Crippen molar-refractivity contribution in [3.05, 3.63) is 82.3 Å². The average Bonchev–Trinajstić information content (AvgIpc) is 2.66. The Kier molecular flexibility index (Phi) is 6.32. The molecule has 3 aromatic carbocycles. The van der Waals surface area contributed by atoms with Crippen LogP contribution in [0.3, 0.4) is 0 Å². The highest BCUT2D eigenvalue weighted by molar-refractivity contribution is 7.92. The van der Waals surface area contributed by atoms with E-state index >= 15 is 0 Å². The van der Waals surface area contributed by atoms with Gasteiger partial charge < -0.3 is 10.6 Å². The van der Waals surface area contributed by atoms with E-state index in [2.05, 4.69) is 15.4 Å². The van der Waals surface area contributed by atoms with Crippen molar-refractivity contribution in [3.63, 3.8) is 0 Å². The number of hydrogen-bond donors (Lipinski definition) is 3. The van der Waals surface area contributed by atoms with Gasteiger partial charge in [-0.2, -0.15) is 0 Å². The van der Waals surface area contributed by atoms with E-state index in [0.717, 1.165) is 5.56 Å². The van der Waals surface area contributed by atoms with Crippen LogP contribution in [-0.4, -0.2) is 14.4 Å². The zero-order valence-electron chi connectivity index (χ0n) is 15.2. The summed E-state index contributed by atoms with van der Waals surface area (Å²) in [6, 6.07) is 17.1. The maximum absolute atomic E-state index is 12.6. The summed E-state index contributed by atoms with van der Waals surface area (Å²) >= 11 is 11.8. The van der Waals surface area contributed by atoms with Crippen molar-refractivity contribution in [2.24, 2.45) is 0 Å². The van der Waals surface area contributed by atoms with Crippen molar-refractivity contribution in [2.45, 2.75) is 11.8 Å². The van der Waals surface area contributed by atoms with E-state index in [4.69, 9.17) is 23.2 Å². The molecule has 0 saturated heterocycles. The Labute approximate surface area is 178 Å². The number of aryl methyl sites for hydroxylation is 1. The van der Waals surface area contributed by atoms with Crippen LogP contribution in [0.5, 0.6) is 0 Å². The van der Waals surface area contributed by atoms with E-state index in [1.807, 2.05) is 19.1 Å². The maximum Gasteiger partial charge on any atom is 0.323 e.